The molecule has 0 spiro atoms. The van der Waals surface area contributed by atoms with Crippen molar-refractivity contribution in [1.82, 2.24) is 9.55 Å². The summed E-state index contributed by atoms with van der Waals surface area (Å²) >= 11 is 0. The Hall–Kier alpha value is -2.73. The van der Waals surface area contributed by atoms with Crippen LogP contribution in [-0.4, -0.2) is 22.1 Å². The Labute approximate surface area is 138 Å². The number of anilines is 1. The molecule has 1 N–H and O–H groups in total. The van der Waals surface area contributed by atoms with Gasteiger partial charge >= 0.3 is 0 Å². The second-order valence-electron chi connectivity index (χ2n) is 5.82. The van der Waals surface area contributed by atoms with Gasteiger partial charge in [0.05, 0.1) is 17.6 Å². The first-order chi connectivity index (χ1) is 11.6. The Morgan fingerprint density at radius 1 is 1.33 bits per heavy atom. The zero-order chi connectivity index (χ0) is 16.7. The summed E-state index contributed by atoms with van der Waals surface area (Å²) in [7, 11) is 1.78. The molecule has 0 saturated carbocycles. The first-order valence-corrected chi connectivity index (χ1v) is 7.76. The normalized spacial score (nSPS) is 16.8. The number of nitrogens with one attached hydrogen (secondary N) is 1. The summed E-state index contributed by atoms with van der Waals surface area (Å²) in [5.41, 5.74) is 3.25. The van der Waals surface area contributed by atoms with E-state index in [0.29, 0.717) is 18.1 Å². The molecule has 0 fully saturated rings. The number of benzene rings is 2. The van der Waals surface area contributed by atoms with Crippen LogP contribution in [0.2, 0.25) is 0 Å². The average Bonchev–Trinajstić information content (AvgIpc) is 2.89. The van der Waals surface area contributed by atoms with Gasteiger partial charge in [-0.15, -0.1) is 0 Å². The fourth-order valence-electron chi connectivity index (χ4n) is 3.07. The maximum absolute atomic E-state index is 13.3. The molecule has 0 radical (unpaired) electrons. The number of rotatable bonds is 2. The van der Waals surface area contributed by atoms with Gasteiger partial charge in [0.15, 0.2) is 6.10 Å². The molecule has 5 nitrogen and oxygen atoms in total. The molecule has 0 aliphatic carbocycles. The Bertz CT molecular complexity index is 935. The number of aromatic nitrogens is 2. The fraction of sp³-hybridized carbons (Fsp3) is 0.222. The molecular weight excluding hydrogens is 309 g/mol. The molecule has 1 unspecified atom stereocenters. The van der Waals surface area contributed by atoms with Gasteiger partial charge in [-0.25, -0.2) is 9.37 Å². The van der Waals surface area contributed by atoms with E-state index >= 15 is 0 Å². The smallest absolute Gasteiger partial charge is 0.260 e. The highest BCUT2D eigenvalue weighted by Crippen LogP contribution is 2.28. The molecule has 0 saturated heterocycles. The lowest BCUT2D eigenvalue weighted by Gasteiger charge is -2.24. The number of amides is 1. The van der Waals surface area contributed by atoms with E-state index < -0.39 is 6.10 Å². The van der Waals surface area contributed by atoms with Crippen LogP contribution < -0.4 is 5.32 Å². The van der Waals surface area contributed by atoms with Crippen molar-refractivity contribution in [2.24, 2.45) is 7.05 Å². The third-order valence-electron chi connectivity index (χ3n) is 4.31. The van der Waals surface area contributed by atoms with Gasteiger partial charge in [-0.1, -0.05) is 24.3 Å². The molecule has 24 heavy (non-hydrogen) atoms. The summed E-state index contributed by atoms with van der Waals surface area (Å²) in [5, 5.41) is 2.80. The molecule has 1 aliphatic heterocycles. The first kappa shape index (κ1) is 14.8. The number of aryl methyl sites for hydroxylation is 1. The van der Waals surface area contributed by atoms with Crippen LogP contribution in [0.1, 0.15) is 17.2 Å². The summed E-state index contributed by atoms with van der Waals surface area (Å²) in [6.07, 6.45) is 0.136. The number of imidazole rings is 1. The lowest BCUT2D eigenvalue weighted by molar-refractivity contribution is -0.128. The minimum Gasteiger partial charge on any atom is -0.363 e. The van der Waals surface area contributed by atoms with Crippen molar-refractivity contribution in [3.63, 3.8) is 0 Å². The molecule has 6 heteroatoms. The predicted octanol–water partition coefficient (Wildman–Crippen LogP) is 2.96. The van der Waals surface area contributed by atoms with Gasteiger partial charge in [-0.05, 0) is 29.7 Å². The van der Waals surface area contributed by atoms with Gasteiger partial charge in [-0.3, -0.25) is 10.1 Å². The van der Waals surface area contributed by atoms with E-state index in [-0.39, 0.29) is 11.7 Å². The molecular formula is C18H16FN3O2. The van der Waals surface area contributed by atoms with Crippen molar-refractivity contribution in [2.75, 3.05) is 11.9 Å². The van der Waals surface area contributed by atoms with E-state index in [1.165, 1.54) is 12.1 Å². The van der Waals surface area contributed by atoms with Crippen LogP contribution in [0.3, 0.4) is 0 Å². The molecule has 2 heterocycles. The van der Waals surface area contributed by atoms with Gasteiger partial charge in [0.2, 0.25) is 5.95 Å². The van der Waals surface area contributed by atoms with Crippen molar-refractivity contribution >= 4 is 22.9 Å². The summed E-state index contributed by atoms with van der Waals surface area (Å²) < 4.78 is 20.7. The molecule has 1 aromatic heterocycles. The Kier molecular flexibility index (Phi) is 3.54. The highest BCUT2D eigenvalue weighted by molar-refractivity contribution is 5.95. The van der Waals surface area contributed by atoms with Crippen LogP contribution >= 0.6 is 0 Å². The van der Waals surface area contributed by atoms with E-state index in [1.807, 2.05) is 24.3 Å². The molecule has 1 atom stereocenters. The third-order valence-corrected chi connectivity index (χ3v) is 4.31. The van der Waals surface area contributed by atoms with E-state index in [9.17, 15) is 9.18 Å². The maximum atomic E-state index is 13.3. The highest BCUT2D eigenvalue weighted by atomic mass is 19.1. The third kappa shape index (κ3) is 2.45. The van der Waals surface area contributed by atoms with Gasteiger partial charge in [0.1, 0.15) is 5.82 Å². The topological polar surface area (TPSA) is 56.2 Å². The Morgan fingerprint density at radius 3 is 3.04 bits per heavy atom. The van der Waals surface area contributed by atoms with Crippen LogP contribution in [-0.2, 0) is 23.0 Å². The van der Waals surface area contributed by atoms with Crippen LogP contribution in [0.25, 0.3) is 11.0 Å². The van der Waals surface area contributed by atoms with Crippen LogP contribution in [0.15, 0.2) is 42.5 Å². The zero-order valence-electron chi connectivity index (χ0n) is 13.1. The monoisotopic (exact) mass is 325 g/mol. The summed E-state index contributed by atoms with van der Waals surface area (Å²) in [6.45, 7) is 0.503. The Morgan fingerprint density at radius 2 is 2.17 bits per heavy atom. The molecule has 3 aromatic rings. The lowest BCUT2D eigenvalue weighted by atomic mass is 9.97. The molecule has 122 valence electrons. The van der Waals surface area contributed by atoms with E-state index in [1.54, 1.807) is 17.7 Å². The summed E-state index contributed by atoms with van der Waals surface area (Å²) in [4.78, 5) is 17.0. The number of halogens is 1. The van der Waals surface area contributed by atoms with Crippen molar-refractivity contribution < 1.29 is 13.9 Å². The number of carbonyl (C=O) groups is 1. The molecule has 1 aliphatic rings. The largest absolute Gasteiger partial charge is 0.363 e. The zero-order valence-corrected chi connectivity index (χ0v) is 13.1. The van der Waals surface area contributed by atoms with Crippen molar-refractivity contribution in [3.8, 4) is 0 Å². The van der Waals surface area contributed by atoms with Crippen molar-refractivity contribution in [2.45, 2.75) is 12.5 Å². The minimum atomic E-state index is -0.661. The number of ether oxygens (including phenoxy) is 1. The average molecular weight is 325 g/mol. The summed E-state index contributed by atoms with van der Waals surface area (Å²) in [6, 6.07) is 12.1. The molecule has 0 bridgehead atoms. The van der Waals surface area contributed by atoms with Gasteiger partial charge in [-0.2, -0.15) is 0 Å². The van der Waals surface area contributed by atoms with Crippen LogP contribution in [0.4, 0.5) is 10.3 Å². The predicted molar refractivity (Wildman–Crippen MR) is 88.1 cm³/mol. The quantitative estimate of drug-likeness (QED) is 0.788. The fourth-order valence-corrected chi connectivity index (χ4v) is 3.07. The number of carbonyl (C=O) groups excluding carboxylic acids is 1. The number of hydrogen-bond donors (Lipinski definition) is 1. The van der Waals surface area contributed by atoms with E-state index in [0.717, 1.165) is 23.1 Å². The second-order valence-corrected chi connectivity index (χ2v) is 5.82. The van der Waals surface area contributed by atoms with Crippen LogP contribution in [0.5, 0.6) is 0 Å². The van der Waals surface area contributed by atoms with Gasteiger partial charge < -0.3 is 9.30 Å². The lowest BCUT2D eigenvalue weighted by Crippen LogP contribution is -2.29. The molecule has 2 aromatic carbocycles. The second kappa shape index (κ2) is 5.72. The number of hydrogen-bond acceptors (Lipinski definition) is 3. The summed E-state index contributed by atoms with van der Waals surface area (Å²) in [5.74, 6) is -0.267. The standard InChI is InChI=1S/C18H16FN3O2/c1-22-15-7-6-12(19)10-14(15)20-18(22)21-17(23)16-13-5-3-2-4-11(13)8-9-24-16/h2-7,10,16H,8-9H2,1H3,(H,20,21,23). The van der Waals surface area contributed by atoms with Crippen molar-refractivity contribution in [3.05, 3.63) is 59.4 Å². The van der Waals surface area contributed by atoms with Gasteiger partial charge in [0, 0.05) is 13.1 Å². The molecule has 4 rings (SSSR count). The number of nitrogens with zero attached hydrogens (tertiary/aromatic N) is 2. The Balaban J connectivity index is 1.65. The SMILES string of the molecule is Cn1c(NC(=O)C2OCCc3ccccc32)nc2cc(F)ccc21. The molecule has 1 amide bonds. The minimum absolute atomic E-state index is 0.277. The first-order valence-electron chi connectivity index (χ1n) is 7.76. The maximum Gasteiger partial charge on any atom is 0.260 e. The van der Waals surface area contributed by atoms with Crippen molar-refractivity contribution in [1.29, 1.82) is 0 Å². The number of fused-ring (bicyclic) bond motifs is 2. The van der Waals surface area contributed by atoms with Crippen LogP contribution in [0, 0.1) is 5.82 Å². The van der Waals surface area contributed by atoms with E-state index in [2.05, 4.69) is 10.3 Å². The van der Waals surface area contributed by atoms with Gasteiger partial charge in [0.25, 0.3) is 5.91 Å². The van der Waals surface area contributed by atoms with E-state index in [4.69, 9.17) is 4.74 Å². The highest BCUT2D eigenvalue weighted by Gasteiger charge is 2.28.